The van der Waals surface area contributed by atoms with Crippen LogP contribution in [-0.4, -0.2) is 43.2 Å². The number of benzene rings is 2. The molecule has 5 nitrogen and oxygen atoms in total. The summed E-state index contributed by atoms with van der Waals surface area (Å²) in [5, 5.41) is 0. The number of urea groups is 1. The highest BCUT2D eigenvalue weighted by atomic mass is 32.2. The fourth-order valence-electron chi connectivity index (χ4n) is 2.38. The number of thioether (sulfide) groups is 1. The van der Waals surface area contributed by atoms with Gasteiger partial charge in [-0.25, -0.2) is 18.0 Å². The molecule has 3 amide bonds. The van der Waals surface area contributed by atoms with E-state index in [1.54, 1.807) is 0 Å². The third-order valence-electron chi connectivity index (χ3n) is 3.71. The molecule has 30 heavy (non-hydrogen) atoms. The molecule has 0 heterocycles. The molecule has 0 atom stereocenters. The van der Waals surface area contributed by atoms with Gasteiger partial charge in [-0.1, -0.05) is 6.07 Å². The molecule has 2 rings (SSSR count). The van der Waals surface area contributed by atoms with Crippen LogP contribution in [0.1, 0.15) is 10.4 Å². The number of carbonyl (C=O) groups is 2. The number of ether oxygens (including phenoxy) is 1. The number of rotatable bonds is 5. The molecule has 2 aromatic rings. The van der Waals surface area contributed by atoms with E-state index >= 15 is 0 Å². The maximum atomic E-state index is 14.4. The molecule has 0 saturated heterocycles. The van der Waals surface area contributed by atoms with E-state index in [0.717, 1.165) is 44.5 Å². The Morgan fingerprint density at radius 1 is 1.07 bits per heavy atom. The maximum Gasteiger partial charge on any atom is 0.446 e. The Balaban J connectivity index is 2.34. The molecule has 0 spiro atoms. The van der Waals surface area contributed by atoms with Crippen molar-refractivity contribution in [2.45, 2.75) is 10.4 Å². The number of imide groups is 1. The summed E-state index contributed by atoms with van der Waals surface area (Å²) in [6.45, 7) is -0.579. The standard InChI is InChI=1S/C18H14F6N2O3S/c1-25(16(27)11-4-3-5-12(19)15(11)21)17(28)26(9-29-2)14-7-6-10(8-13(14)20)30-18(22,23)24/h3-8H,9H2,1-2H3. The zero-order valence-electron chi connectivity index (χ0n) is 15.5. The molecule has 0 fully saturated rings. The minimum Gasteiger partial charge on any atom is -0.364 e. The fraction of sp³-hybridized carbons (Fsp3) is 0.222. The average Bonchev–Trinajstić information content (AvgIpc) is 2.66. The van der Waals surface area contributed by atoms with Gasteiger partial charge in [-0.2, -0.15) is 13.2 Å². The molecule has 0 aliphatic rings. The summed E-state index contributed by atoms with van der Waals surface area (Å²) >= 11 is -0.548. The molecule has 0 radical (unpaired) electrons. The first-order chi connectivity index (χ1) is 14.0. The van der Waals surface area contributed by atoms with Gasteiger partial charge in [0.2, 0.25) is 0 Å². The summed E-state index contributed by atoms with van der Waals surface area (Å²) in [5.41, 5.74) is -5.86. The monoisotopic (exact) mass is 452 g/mol. The second-order valence-corrected chi connectivity index (χ2v) is 6.89. The third-order valence-corrected chi connectivity index (χ3v) is 4.43. The van der Waals surface area contributed by atoms with E-state index in [2.05, 4.69) is 0 Å². The summed E-state index contributed by atoms with van der Waals surface area (Å²) in [7, 11) is 2.10. The number of anilines is 1. The molecule has 0 saturated carbocycles. The van der Waals surface area contributed by atoms with E-state index in [4.69, 9.17) is 4.74 Å². The van der Waals surface area contributed by atoms with Gasteiger partial charge in [0.15, 0.2) is 11.6 Å². The van der Waals surface area contributed by atoms with Crippen molar-refractivity contribution in [1.29, 1.82) is 0 Å². The molecule has 0 aliphatic heterocycles. The molecular formula is C18H14F6N2O3S. The quantitative estimate of drug-likeness (QED) is 0.363. The van der Waals surface area contributed by atoms with E-state index in [9.17, 15) is 35.9 Å². The number of carbonyl (C=O) groups excluding carboxylic acids is 2. The minimum atomic E-state index is -4.64. The van der Waals surface area contributed by atoms with Crippen molar-refractivity contribution >= 4 is 29.4 Å². The molecule has 162 valence electrons. The van der Waals surface area contributed by atoms with Gasteiger partial charge >= 0.3 is 11.5 Å². The van der Waals surface area contributed by atoms with Gasteiger partial charge in [0.05, 0.1) is 11.3 Å². The van der Waals surface area contributed by atoms with Crippen molar-refractivity contribution in [2.24, 2.45) is 0 Å². The van der Waals surface area contributed by atoms with E-state index in [1.807, 2.05) is 0 Å². The SMILES string of the molecule is COCN(C(=O)N(C)C(=O)c1cccc(F)c1F)c1ccc(SC(F)(F)F)cc1F. The minimum absolute atomic E-state index is 0.398. The zero-order valence-corrected chi connectivity index (χ0v) is 16.3. The van der Waals surface area contributed by atoms with Gasteiger partial charge in [0.25, 0.3) is 5.91 Å². The Kier molecular flexibility index (Phi) is 7.37. The zero-order chi connectivity index (χ0) is 22.6. The Morgan fingerprint density at radius 2 is 1.73 bits per heavy atom. The summed E-state index contributed by atoms with van der Waals surface area (Å²) in [6.07, 6.45) is 0. The first kappa shape index (κ1) is 23.5. The Labute approximate surface area is 171 Å². The highest BCUT2D eigenvalue weighted by Crippen LogP contribution is 2.38. The number of nitrogens with zero attached hydrogens (tertiary/aromatic N) is 2. The second-order valence-electron chi connectivity index (χ2n) is 5.75. The molecule has 0 unspecified atom stereocenters. The van der Waals surface area contributed by atoms with Gasteiger partial charge < -0.3 is 4.74 Å². The lowest BCUT2D eigenvalue weighted by Crippen LogP contribution is -2.45. The van der Waals surface area contributed by atoms with E-state index in [-0.39, 0.29) is 0 Å². The van der Waals surface area contributed by atoms with Crippen LogP contribution >= 0.6 is 11.8 Å². The molecule has 0 aromatic heterocycles. The van der Waals surface area contributed by atoms with Crippen LogP contribution in [0.5, 0.6) is 0 Å². The average molecular weight is 452 g/mol. The van der Waals surface area contributed by atoms with Crippen molar-refractivity contribution in [3.05, 3.63) is 59.4 Å². The third kappa shape index (κ3) is 5.45. The van der Waals surface area contributed by atoms with Gasteiger partial charge in [-0.3, -0.25) is 14.6 Å². The van der Waals surface area contributed by atoms with Crippen LogP contribution in [0, 0.1) is 17.5 Å². The van der Waals surface area contributed by atoms with E-state index in [1.165, 1.54) is 0 Å². The van der Waals surface area contributed by atoms with Crippen LogP contribution < -0.4 is 4.90 Å². The molecule has 0 aliphatic carbocycles. The number of hydrogen-bond acceptors (Lipinski definition) is 4. The van der Waals surface area contributed by atoms with Gasteiger partial charge in [0.1, 0.15) is 12.5 Å². The van der Waals surface area contributed by atoms with E-state index < -0.39 is 69.5 Å². The van der Waals surface area contributed by atoms with Gasteiger partial charge in [-0.05, 0) is 42.1 Å². The summed E-state index contributed by atoms with van der Waals surface area (Å²) in [5.74, 6) is -5.19. The highest BCUT2D eigenvalue weighted by Gasteiger charge is 2.31. The van der Waals surface area contributed by atoms with Crippen LogP contribution in [0.25, 0.3) is 0 Å². The number of alkyl halides is 3. The maximum absolute atomic E-state index is 14.4. The Bertz CT molecular complexity index is 954. The first-order valence-corrected chi connectivity index (χ1v) is 8.85. The topological polar surface area (TPSA) is 49.9 Å². The highest BCUT2D eigenvalue weighted by molar-refractivity contribution is 8.00. The molecule has 12 heteroatoms. The number of amides is 3. The fourth-order valence-corrected chi connectivity index (χ4v) is 2.94. The van der Waals surface area contributed by atoms with Crippen LogP contribution in [0.15, 0.2) is 41.3 Å². The van der Waals surface area contributed by atoms with Crippen molar-refractivity contribution < 1.29 is 40.7 Å². The molecular weight excluding hydrogens is 438 g/mol. The van der Waals surface area contributed by atoms with Crippen LogP contribution in [0.2, 0.25) is 0 Å². The Hall–Kier alpha value is -2.73. The number of methoxy groups -OCH3 is 1. The van der Waals surface area contributed by atoms with Gasteiger partial charge in [0, 0.05) is 19.1 Å². The molecule has 0 N–H and O–H groups in total. The normalized spacial score (nSPS) is 11.3. The molecule has 0 bridgehead atoms. The van der Waals surface area contributed by atoms with Crippen LogP contribution in [-0.2, 0) is 4.74 Å². The van der Waals surface area contributed by atoms with Crippen LogP contribution in [0.3, 0.4) is 0 Å². The summed E-state index contributed by atoms with van der Waals surface area (Å²) in [4.78, 5) is 25.7. The number of halogens is 6. The smallest absolute Gasteiger partial charge is 0.364 e. The van der Waals surface area contributed by atoms with Crippen molar-refractivity contribution in [2.75, 3.05) is 25.8 Å². The number of hydrogen-bond donors (Lipinski definition) is 0. The Morgan fingerprint density at radius 3 is 2.30 bits per heavy atom. The lowest BCUT2D eigenvalue weighted by molar-refractivity contribution is -0.0328. The van der Waals surface area contributed by atoms with Crippen molar-refractivity contribution in [3.8, 4) is 0 Å². The lowest BCUT2D eigenvalue weighted by atomic mass is 10.2. The second kappa shape index (κ2) is 9.39. The van der Waals surface area contributed by atoms with Crippen molar-refractivity contribution in [1.82, 2.24) is 4.90 Å². The lowest BCUT2D eigenvalue weighted by Gasteiger charge is -2.27. The summed E-state index contributed by atoms with van der Waals surface area (Å²) in [6, 6.07) is 4.02. The first-order valence-electron chi connectivity index (χ1n) is 8.04. The van der Waals surface area contributed by atoms with Crippen LogP contribution in [0.4, 0.5) is 36.8 Å². The van der Waals surface area contributed by atoms with E-state index in [0.29, 0.717) is 15.9 Å². The molecule has 2 aromatic carbocycles. The van der Waals surface area contributed by atoms with Gasteiger partial charge in [-0.15, -0.1) is 0 Å². The predicted molar refractivity (Wildman–Crippen MR) is 96.5 cm³/mol. The largest absolute Gasteiger partial charge is 0.446 e. The summed E-state index contributed by atoms with van der Waals surface area (Å²) < 4.78 is 83.8. The van der Waals surface area contributed by atoms with Crippen molar-refractivity contribution in [3.63, 3.8) is 0 Å². The predicted octanol–water partition coefficient (Wildman–Crippen LogP) is 5.02.